The van der Waals surface area contributed by atoms with Crippen LogP contribution in [0.25, 0.3) is 0 Å². The zero-order chi connectivity index (χ0) is 19.9. The first-order valence-corrected chi connectivity index (χ1v) is 9.00. The van der Waals surface area contributed by atoms with Crippen LogP contribution in [0.15, 0.2) is 34.6 Å². The van der Waals surface area contributed by atoms with E-state index in [1.54, 1.807) is 37.2 Å². The number of nitrogens with one attached hydrogen (secondary N) is 1. The van der Waals surface area contributed by atoms with E-state index < -0.39 is 17.7 Å². The number of hydrogen-bond acceptors (Lipinski definition) is 4. The van der Waals surface area contributed by atoms with Gasteiger partial charge in [0.05, 0.1) is 11.6 Å². The van der Waals surface area contributed by atoms with Crippen molar-refractivity contribution in [3.05, 3.63) is 46.2 Å². The standard InChI is InChI=1S/C17H20F4N4OS.HI/c1-22-16(23-8-7-15-24-14(11-27-15)17(19,20)21)25(2)9-10-26-13-6-4-3-5-12(13)18;/h3-6,11H,7-10H2,1-2H3,(H,22,23);1H. The number of aliphatic imine (C=N–C) groups is 1. The highest BCUT2D eigenvalue weighted by Crippen LogP contribution is 2.30. The summed E-state index contributed by atoms with van der Waals surface area (Å²) in [6, 6.07) is 6.14. The van der Waals surface area contributed by atoms with Gasteiger partial charge >= 0.3 is 6.18 Å². The number of benzene rings is 1. The minimum atomic E-state index is -4.42. The minimum absolute atomic E-state index is 0. The van der Waals surface area contributed by atoms with Gasteiger partial charge in [-0.05, 0) is 12.1 Å². The Morgan fingerprint density at radius 3 is 2.64 bits per heavy atom. The normalized spacial score (nSPS) is 11.7. The number of alkyl halides is 3. The van der Waals surface area contributed by atoms with Crippen LogP contribution in [0.3, 0.4) is 0 Å². The predicted octanol–water partition coefficient (Wildman–Crippen LogP) is 4.05. The monoisotopic (exact) mass is 532 g/mol. The number of para-hydroxylation sites is 1. The molecular weight excluding hydrogens is 511 g/mol. The van der Waals surface area contributed by atoms with Crippen molar-refractivity contribution in [3.63, 3.8) is 0 Å². The van der Waals surface area contributed by atoms with Crippen LogP contribution in [0.1, 0.15) is 10.7 Å². The van der Waals surface area contributed by atoms with Gasteiger partial charge in [0, 0.05) is 32.4 Å². The van der Waals surface area contributed by atoms with Crippen LogP contribution >= 0.6 is 35.3 Å². The van der Waals surface area contributed by atoms with Gasteiger partial charge in [-0.2, -0.15) is 13.2 Å². The van der Waals surface area contributed by atoms with E-state index in [9.17, 15) is 17.6 Å². The summed E-state index contributed by atoms with van der Waals surface area (Å²) >= 11 is 0.977. The Balaban J connectivity index is 0.00000392. The third-order valence-corrected chi connectivity index (χ3v) is 4.47. The van der Waals surface area contributed by atoms with Crippen molar-refractivity contribution >= 4 is 41.3 Å². The zero-order valence-electron chi connectivity index (χ0n) is 15.3. The number of halogens is 5. The lowest BCUT2D eigenvalue weighted by Crippen LogP contribution is -2.41. The molecule has 0 aliphatic heterocycles. The number of guanidine groups is 1. The first kappa shape index (κ1) is 24.4. The summed E-state index contributed by atoms with van der Waals surface area (Å²) in [6.07, 6.45) is -4.07. The van der Waals surface area contributed by atoms with Crippen LogP contribution in [-0.4, -0.2) is 49.6 Å². The topological polar surface area (TPSA) is 49.8 Å². The lowest BCUT2D eigenvalue weighted by molar-refractivity contribution is -0.140. The van der Waals surface area contributed by atoms with Gasteiger partial charge in [0.1, 0.15) is 6.61 Å². The van der Waals surface area contributed by atoms with Crippen molar-refractivity contribution in [2.75, 3.05) is 33.8 Å². The molecule has 1 heterocycles. The number of hydrogen-bond donors (Lipinski definition) is 1. The Hall–Kier alpha value is -1.63. The summed E-state index contributed by atoms with van der Waals surface area (Å²) in [4.78, 5) is 9.48. The van der Waals surface area contributed by atoms with Gasteiger partial charge in [-0.3, -0.25) is 4.99 Å². The van der Waals surface area contributed by atoms with E-state index in [1.807, 2.05) is 0 Å². The molecule has 1 aromatic heterocycles. The Bertz CT molecular complexity index is 770. The number of nitrogens with zero attached hydrogens (tertiary/aromatic N) is 3. The summed E-state index contributed by atoms with van der Waals surface area (Å²) < 4.78 is 56.5. The molecule has 0 spiro atoms. The molecule has 0 atom stereocenters. The SMILES string of the molecule is CN=C(NCCc1nc(C(F)(F)F)cs1)N(C)CCOc1ccccc1F.I. The summed E-state index contributed by atoms with van der Waals surface area (Å²) in [5.74, 6) is 0.308. The molecule has 2 aromatic rings. The second-order valence-electron chi connectivity index (χ2n) is 5.55. The van der Waals surface area contributed by atoms with Gasteiger partial charge < -0.3 is 15.0 Å². The van der Waals surface area contributed by atoms with Crippen LogP contribution in [0, 0.1) is 5.82 Å². The van der Waals surface area contributed by atoms with E-state index in [1.165, 1.54) is 6.07 Å². The van der Waals surface area contributed by atoms with Crippen LogP contribution < -0.4 is 10.1 Å². The Morgan fingerprint density at radius 1 is 1.32 bits per heavy atom. The fraction of sp³-hybridized carbons (Fsp3) is 0.412. The molecule has 11 heteroatoms. The predicted molar refractivity (Wildman–Crippen MR) is 112 cm³/mol. The molecular formula is C17H21F4IN4OS. The first-order valence-electron chi connectivity index (χ1n) is 8.12. The number of aromatic nitrogens is 1. The van der Waals surface area contributed by atoms with Crippen molar-refractivity contribution < 1.29 is 22.3 Å². The average molecular weight is 532 g/mol. The van der Waals surface area contributed by atoms with Crippen molar-refractivity contribution in [1.82, 2.24) is 15.2 Å². The van der Waals surface area contributed by atoms with E-state index >= 15 is 0 Å². The minimum Gasteiger partial charge on any atom is -0.489 e. The molecule has 0 aliphatic rings. The van der Waals surface area contributed by atoms with Crippen LogP contribution in [0.4, 0.5) is 17.6 Å². The summed E-state index contributed by atoms with van der Waals surface area (Å²) in [5.41, 5.74) is -0.866. The molecule has 0 fully saturated rings. The van der Waals surface area contributed by atoms with Gasteiger partial charge in [-0.25, -0.2) is 9.37 Å². The molecule has 5 nitrogen and oxygen atoms in total. The summed E-state index contributed by atoms with van der Waals surface area (Å²) in [6.45, 7) is 1.08. The lowest BCUT2D eigenvalue weighted by Gasteiger charge is -2.22. The van der Waals surface area contributed by atoms with E-state index in [0.29, 0.717) is 30.5 Å². The van der Waals surface area contributed by atoms with E-state index in [0.717, 1.165) is 16.7 Å². The largest absolute Gasteiger partial charge is 0.489 e. The summed E-state index contributed by atoms with van der Waals surface area (Å²) in [5, 5.41) is 4.47. The number of ether oxygens (including phenoxy) is 1. The Morgan fingerprint density at radius 2 is 2.04 bits per heavy atom. The van der Waals surface area contributed by atoms with Gasteiger partial charge in [0.15, 0.2) is 23.2 Å². The molecule has 0 saturated carbocycles. The van der Waals surface area contributed by atoms with Crippen LogP contribution in [-0.2, 0) is 12.6 Å². The smallest absolute Gasteiger partial charge is 0.434 e. The quantitative estimate of drug-likeness (QED) is 0.253. The van der Waals surface area contributed by atoms with Crippen molar-refractivity contribution in [3.8, 4) is 5.75 Å². The molecule has 0 saturated heterocycles. The average Bonchev–Trinajstić information content (AvgIpc) is 3.09. The first-order chi connectivity index (χ1) is 12.8. The number of likely N-dealkylation sites (N-methyl/N-ethyl adjacent to an activating group) is 1. The zero-order valence-corrected chi connectivity index (χ0v) is 18.4. The molecule has 1 aromatic carbocycles. The second kappa shape index (κ2) is 11.4. The molecule has 0 unspecified atom stereocenters. The van der Waals surface area contributed by atoms with Crippen LogP contribution in [0.2, 0.25) is 0 Å². The highest BCUT2D eigenvalue weighted by atomic mass is 127. The van der Waals surface area contributed by atoms with E-state index in [2.05, 4.69) is 15.3 Å². The van der Waals surface area contributed by atoms with Gasteiger partial charge in [0.2, 0.25) is 0 Å². The third kappa shape index (κ3) is 7.41. The van der Waals surface area contributed by atoms with Crippen molar-refractivity contribution in [2.24, 2.45) is 4.99 Å². The number of thiazole rings is 1. The van der Waals surface area contributed by atoms with Gasteiger partial charge in [-0.15, -0.1) is 35.3 Å². The molecule has 1 N–H and O–H groups in total. The fourth-order valence-corrected chi connectivity index (χ4v) is 2.99. The maximum atomic E-state index is 13.5. The molecule has 0 aliphatic carbocycles. The second-order valence-corrected chi connectivity index (χ2v) is 6.49. The van der Waals surface area contributed by atoms with Crippen molar-refractivity contribution in [2.45, 2.75) is 12.6 Å². The number of rotatable bonds is 7. The molecule has 28 heavy (non-hydrogen) atoms. The maximum Gasteiger partial charge on any atom is 0.434 e. The highest BCUT2D eigenvalue weighted by Gasteiger charge is 2.33. The summed E-state index contributed by atoms with van der Waals surface area (Å²) in [7, 11) is 3.38. The molecule has 156 valence electrons. The maximum absolute atomic E-state index is 13.5. The van der Waals surface area contributed by atoms with Gasteiger partial charge in [0.25, 0.3) is 0 Å². The van der Waals surface area contributed by atoms with Crippen LogP contribution in [0.5, 0.6) is 5.75 Å². The molecule has 0 amide bonds. The molecule has 0 radical (unpaired) electrons. The van der Waals surface area contributed by atoms with E-state index in [4.69, 9.17) is 4.74 Å². The molecule has 2 rings (SSSR count). The van der Waals surface area contributed by atoms with E-state index in [-0.39, 0.29) is 36.3 Å². The van der Waals surface area contributed by atoms with Crippen molar-refractivity contribution in [1.29, 1.82) is 0 Å². The van der Waals surface area contributed by atoms with Gasteiger partial charge in [-0.1, -0.05) is 12.1 Å². The third-order valence-electron chi connectivity index (χ3n) is 3.56. The lowest BCUT2D eigenvalue weighted by atomic mass is 10.3. The Labute approximate surface area is 181 Å². The Kier molecular flexibility index (Phi) is 9.93. The molecule has 0 bridgehead atoms. The fourth-order valence-electron chi connectivity index (χ4n) is 2.18. The highest BCUT2D eigenvalue weighted by molar-refractivity contribution is 14.0.